The molecule has 0 bridgehead atoms. The van der Waals surface area contributed by atoms with E-state index in [9.17, 15) is 13.2 Å². The first-order valence-electron chi connectivity index (χ1n) is 4.99. The monoisotopic (exact) mass is 289 g/mol. The minimum atomic E-state index is -3.97. The van der Waals surface area contributed by atoms with Gasteiger partial charge >= 0.3 is 5.97 Å². The Kier molecular flexibility index (Phi) is 4.89. The summed E-state index contributed by atoms with van der Waals surface area (Å²) in [5.41, 5.74) is 0. The Morgan fingerprint density at radius 2 is 2.11 bits per heavy atom. The summed E-state index contributed by atoms with van der Waals surface area (Å²) in [6, 6.07) is 4.55. The molecule has 0 amide bonds. The average molecular weight is 290 g/mol. The summed E-state index contributed by atoms with van der Waals surface area (Å²) in [4.78, 5) is 10.7. The molecule has 0 saturated carbocycles. The van der Waals surface area contributed by atoms with Crippen molar-refractivity contribution in [2.75, 3.05) is 0 Å². The van der Waals surface area contributed by atoms with E-state index in [2.05, 4.69) is 11.3 Å². The van der Waals surface area contributed by atoms with Crippen molar-refractivity contribution >= 4 is 27.6 Å². The Labute approximate surface area is 110 Å². The molecule has 0 aromatic heterocycles. The molecule has 0 aliphatic carbocycles. The summed E-state index contributed by atoms with van der Waals surface area (Å²) in [6.07, 6.45) is 1.31. The van der Waals surface area contributed by atoms with Crippen LogP contribution < -0.4 is 4.72 Å². The van der Waals surface area contributed by atoms with Gasteiger partial charge in [-0.25, -0.2) is 8.42 Å². The van der Waals surface area contributed by atoms with Crippen LogP contribution in [0.5, 0.6) is 0 Å². The highest BCUT2D eigenvalue weighted by Crippen LogP contribution is 2.20. The number of carbonyl (C=O) groups is 1. The van der Waals surface area contributed by atoms with Gasteiger partial charge in [-0.05, 0) is 18.6 Å². The highest BCUT2D eigenvalue weighted by atomic mass is 35.5. The van der Waals surface area contributed by atoms with Crippen LogP contribution in [0.1, 0.15) is 6.42 Å². The molecule has 2 N–H and O–H groups in total. The fourth-order valence-corrected chi connectivity index (χ4v) is 3.00. The molecule has 0 aliphatic rings. The van der Waals surface area contributed by atoms with Gasteiger partial charge in [0.05, 0.1) is 5.02 Å². The van der Waals surface area contributed by atoms with Gasteiger partial charge in [0.2, 0.25) is 10.0 Å². The van der Waals surface area contributed by atoms with E-state index in [1.165, 1.54) is 24.3 Å². The first-order valence-corrected chi connectivity index (χ1v) is 6.85. The van der Waals surface area contributed by atoms with Gasteiger partial charge in [-0.15, -0.1) is 6.58 Å². The molecule has 0 fully saturated rings. The lowest BCUT2D eigenvalue weighted by Crippen LogP contribution is -2.40. The molecule has 1 atom stereocenters. The molecule has 0 radical (unpaired) electrons. The van der Waals surface area contributed by atoms with E-state index in [1.807, 2.05) is 0 Å². The summed E-state index contributed by atoms with van der Waals surface area (Å²) in [7, 11) is -3.97. The smallest absolute Gasteiger partial charge is 0.322 e. The fraction of sp³-hybridized carbons (Fsp3) is 0.182. The predicted molar refractivity (Wildman–Crippen MR) is 68.0 cm³/mol. The van der Waals surface area contributed by atoms with Crippen molar-refractivity contribution in [2.24, 2.45) is 0 Å². The van der Waals surface area contributed by atoms with Gasteiger partial charge in [0.25, 0.3) is 0 Å². The van der Waals surface area contributed by atoms with Crippen molar-refractivity contribution in [3.05, 3.63) is 41.9 Å². The van der Waals surface area contributed by atoms with Gasteiger partial charge in [-0.1, -0.05) is 29.8 Å². The van der Waals surface area contributed by atoms with Gasteiger partial charge < -0.3 is 5.11 Å². The van der Waals surface area contributed by atoms with Crippen molar-refractivity contribution in [1.29, 1.82) is 0 Å². The summed E-state index contributed by atoms with van der Waals surface area (Å²) in [5.74, 6) is -1.27. The van der Waals surface area contributed by atoms with Crippen LogP contribution in [0.25, 0.3) is 0 Å². The lowest BCUT2D eigenvalue weighted by Gasteiger charge is -2.13. The fourth-order valence-electron chi connectivity index (χ4n) is 1.28. The second-order valence-corrected chi connectivity index (χ2v) is 5.56. The predicted octanol–water partition coefficient (Wildman–Crippen LogP) is 1.65. The van der Waals surface area contributed by atoms with Crippen LogP contribution in [0, 0.1) is 0 Å². The van der Waals surface area contributed by atoms with Gasteiger partial charge in [0, 0.05) is 0 Å². The zero-order chi connectivity index (χ0) is 13.8. The maximum absolute atomic E-state index is 11.9. The number of sulfonamides is 1. The average Bonchev–Trinajstić information content (AvgIpc) is 2.28. The number of benzene rings is 1. The van der Waals surface area contributed by atoms with Crippen LogP contribution in [0.2, 0.25) is 5.02 Å². The van der Waals surface area contributed by atoms with Crippen LogP contribution in [-0.4, -0.2) is 25.5 Å². The molecule has 0 spiro atoms. The van der Waals surface area contributed by atoms with E-state index in [-0.39, 0.29) is 16.3 Å². The van der Waals surface area contributed by atoms with Crippen molar-refractivity contribution in [2.45, 2.75) is 17.4 Å². The quantitative estimate of drug-likeness (QED) is 0.780. The van der Waals surface area contributed by atoms with E-state index in [0.29, 0.717) is 0 Å². The number of nitrogens with one attached hydrogen (secondary N) is 1. The molecule has 0 saturated heterocycles. The SMILES string of the molecule is C=CCC(NS(=O)(=O)c1ccccc1Cl)C(=O)O. The van der Waals surface area contributed by atoms with Crippen LogP contribution in [0.3, 0.4) is 0 Å². The topological polar surface area (TPSA) is 83.5 Å². The Hall–Kier alpha value is -1.37. The maximum Gasteiger partial charge on any atom is 0.322 e. The molecule has 1 aromatic carbocycles. The first kappa shape index (κ1) is 14.7. The zero-order valence-electron chi connectivity index (χ0n) is 9.34. The number of carboxylic acids is 1. The highest BCUT2D eigenvalue weighted by molar-refractivity contribution is 7.89. The van der Waals surface area contributed by atoms with Crippen LogP contribution in [0.4, 0.5) is 0 Å². The molecule has 1 unspecified atom stereocenters. The number of hydrogen-bond donors (Lipinski definition) is 2. The Morgan fingerprint density at radius 1 is 1.50 bits per heavy atom. The highest BCUT2D eigenvalue weighted by Gasteiger charge is 2.25. The second kappa shape index (κ2) is 5.99. The summed E-state index contributed by atoms with van der Waals surface area (Å²) < 4.78 is 26.0. The molecule has 98 valence electrons. The molecule has 5 nitrogen and oxygen atoms in total. The third kappa shape index (κ3) is 3.56. The van der Waals surface area contributed by atoms with Gasteiger partial charge in [0.15, 0.2) is 0 Å². The molecule has 0 heterocycles. The Balaban J connectivity index is 3.04. The second-order valence-electron chi connectivity index (χ2n) is 3.47. The molecular weight excluding hydrogens is 278 g/mol. The number of hydrogen-bond acceptors (Lipinski definition) is 3. The minimum absolute atomic E-state index is 0.0149. The zero-order valence-corrected chi connectivity index (χ0v) is 10.9. The molecule has 18 heavy (non-hydrogen) atoms. The molecule has 1 rings (SSSR count). The molecular formula is C11H12ClNO4S. The summed E-state index contributed by atoms with van der Waals surface area (Å²) in [5, 5.41) is 8.91. The normalized spacial score (nSPS) is 12.9. The number of rotatable bonds is 6. The Bertz CT molecular complexity index is 556. The number of aliphatic carboxylic acids is 1. The third-order valence-corrected chi connectivity index (χ3v) is 4.10. The van der Waals surface area contributed by atoms with Gasteiger partial charge in [-0.2, -0.15) is 4.72 Å². The lowest BCUT2D eigenvalue weighted by molar-refractivity contribution is -0.138. The largest absolute Gasteiger partial charge is 0.480 e. The Morgan fingerprint density at radius 3 is 2.61 bits per heavy atom. The van der Waals surface area contributed by atoms with Crippen LogP contribution in [0.15, 0.2) is 41.8 Å². The third-order valence-electron chi connectivity index (χ3n) is 2.12. The van der Waals surface area contributed by atoms with Crippen molar-refractivity contribution in [1.82, 2.24) is 4.72 Å². The van der Waals surface area contributed by atoms with Crippen molar-refractivity contribution < 1.29 is 18.3 Å². The van der Waals surface area contributed by atoms with Crippen LogP contribution >= 0.6 is 11.6 Å². The van der Waals surface area contributed by atoms with Gasteiger partial charge in [0.1, 0.15) is 10.9 Å². The lowest BCUT2D eigenvalue weighted by atomic mass is 10.2. The molecule has 7 heteroatoms. The van der Waals surface area contributed by atoms with Crippen molar-refractivity contribution in [3.8, 4) is 0 Å². The van der Waals surface area contributed by atoms with Crippen molar-refractivity contribution in [3.63, 3.8) is 0 Å². The van der Waals surface area contributed by atoms with E-state index < -0.39 is 22.0 Å². The standard InChI is InChI=1S/C11H12ClNO4S/c1-2-5-9(11(14)15)13-18(16,17)10-7-4-3-6-8(10)12/h2-4,6-7,9,13H,1,5H2,(H,14,15). The molecule has 0 aliphatic heterocycles. The van der Waals surface area contributed by atoms with E-state index in [4.69, 9.17) is 16.7 Å². The maximum atomic E-state index is 11.9. The first-order chi connectivity index (χ1) is 8.38. The van der Waals surface area contributed by atoms with Crippen LogP contribution in [-0.2, 0) is 14.8 Å². The molecule has 1 aromatic rings. The number of halogens is 1. The summed E-state index contributed by atoms with van der Waals surface area (Å²) >= 11 is 5.76. The summed E-state index contributed by atoms with van der Waals surface area (Å²) in [6.45, 7) is 3.38. The van der Waals surface area contributed by atoms with E-state index in [0.717, 1.165) is 0 Å². The van der Waals surface area contributed by atoms with E-state index in [1.54, 1.807) is 6.07 Å². The van der Waals surface area contributed by atoms with Gasteiger partial charge in [-0.3, -0.25) is 4.79 Å². The minimum Gasteiger partial charge on any atom is -0.480 e. The van der Waals surface area contributed by atoms with E-state index >= 15 is 0 Å². The number of carboxylic acid groups (broad SMARTS) is 1.